The largest absolute Gasteiger partial charge is 0.451 e. The lowest BCUT2D eigenvalue weighted by Crippen LogP contribution is -2.45. The van der Waals surface area contributed by atoms with Crippen LogP contribution in [0.5, 0.6) is 0 Å². The zero-order valence-electron chi connectivity index (χ0n) is 14.4. The predicted molar refractivity (Wildman–Crippen MR) is 103 cm³/mol. The first-order valence-corrected chi connectivity index (χ1v) is 9.13. The molecular formula is C13H28N3O6P3. The maximum Gasteiger partial charge on any atom is 0.325 e. The van der Waals surface area contributed by atoms with Crippen molar-refractivity contribution >= 4 is 46.3 Å². The first-order chi connectivity index (χ1) is 11.9. The van der Waals surface area contributed by atoms with Crippen molar-refractivity contribution in [3.05, 3.63) is 0 Å². The van der Waals surface area contributed by atoms with Crippen LogP contribution in [-0.2, 0) is 28.0 Å². The van der Waals surface area contributed by atoms with Crippen LogP contribution in [-0.4, -0.2) is 73.5 Å². The van der Waals surface area contributed by atoms with Gasteiger partial charge in [-0.3, -0.25) is 24.2 Å². The molecule has 0 aromatic rings. The fourth-order valence-corrected chi connectivity index (χ4v) is 2.49. The highest BCUT2D eigenvalue weighted by Gasteiger charge is 2.24. The van der Waals surface area contributed by atoms with Crippen molar-refractivity contribution in [2.45, 2.75) is 25.3 Å². The molecule has 0 heterocycles. The summed E-state index contributed by atoms with van der Waals surface area (Å²) in [5, 5.41) is 0. The lowest BCUT2D eigenvalue weighted by Gasteiger charge is -2.28. The average Bonchev–Trinajstić information content (AvgIpc) is 2.62. The van der Waals surface area contributed by atoms with Gasteiger partial charge in [0.2, 0.25) is 0 Å². The second-order valence-electron chi connectivity index (χ2n) is 5.41. The molecule has 4 atom stereocenters. The Hall–Kier alpha value is -0.420. The van der Waals surface area contributed by atoms with Gasteiger partial charge in [-0.2, -0.15) is 0 Å². The first kappa shape index (κ1) is 24.6. The van der Waals surface area contributed by atoms with Crippen LogP contribution in [0.15, 0.2) is 0 Å². The minimum absolute atomic E-state index is 0.0664. The molecule has 0 radical (unpaired) electrons. The highest BCUT2D eigenvalue weighted by molar-refractivity contribution is 7.11. The Bertz CT molecular complexity index is 412. The molecule has 0 amide bonds. The Balaban J connectivity index is 4.73. The zero-order valence-corrected chi connectivity index (χ0v) is 17.9. The molecule has 0 aliphatic rings. The lowest BCUT2D eigenvalue weighted by atomic mass is 10.1. The van der Waals surface area contributed by atoms with Crippen LogP contribution in [0.4, 0.5) is 0 Å². The van der Waals surface area contributed by atoms with Gasteiger partial charge in [0.1, 0.15) is 6.04 Å². The molecule has 0 bridgehead atoms. The van der Waals surface area contributed by atoms with E-state index in [1.54, 1.807) is 11.9 Å². The second-order valence-corrected chi connectivity index (χ2v) is 6.12. The summed E-state index contributed by atoms with van der Waals surface area (Å²) in [7, 11) is 7.49. The number of nitrogens with two attached hydrogens (primary N) is 1. The summed E-state index contributed by atoms with van der Waals surface area (Å²) < 4.78 is 13.9. The fraction of sp³-hybridized carbons (Fsp3) is 0.769. The topological polar surface area (TPSA) is 111 Å². The van der Waals surface area contributed by atoms with Gasteiger partial charge in [0, 0.05) is 13.1 Å². The molecule has 146 valence electrons. The maximum atomic E-state index is 12.0. The van der Waals surface area contributed by atoms with Crippen LogP contribution in [0.1, 0.15) is 19.3 Å². The Morgan fingerprint density at radius 3 is 1.96 bits per heavy atom. The third-order valence-corrected chi connectivity index (χ3v) is 4.35. The van der Waals surface area contributed by atoms with Crippen molar-refractivity contribution in [1.82, 2.24) is 9.80 Å². The average molecular weight is 415 g/mol. The Labute approximate surface area is 155 Å². The molecule has 0 saturated carbocycles. The van der Waals surface area contributed by atoms with E-state index in [2.05, 4.69) is 9.05 Å². The van der Waals surface area contributed by atoms with E-state index < -0.39 is 18.0 Å². The summed E-state index contributed by atoms with van der Waals surface area (Å²) in [5.74, 6) is -1.34. The van der Waals surface area contributed by atoms with Crippen molar-refractivity contribution in [1.29, 1.82) is 0 Å². The minimum Gasteiger partial charge on any atom is -0.451 e. The highest BCUT2D eigenvalue weighted by Crippen LogP contribution is 2.11. The van der Waals surface area contributed by atoms with Crippen LogP contribution in [0.25, 0.3) is 0 Å². The molecule has 0 aliphatic carbocycles. The predicted octanol–water partition coefficient (Wildman–Crippen LogP) is -0.282. The summed E-state index contributed by atoms with van der Waals surface area (Å²) >= 11 is 0. The van der Waals surface area contributed by atoms with Crippen molar-refractivity contribution in [3.8, 4) is 0 Å². The van der Waals surface area contributed by atoms with Gasteiger partial charge in [0.25, 0.3) is 0 Å². The maximum absolute atomic E-state index is 12.0. The standard InChI is InChI=1S/C13H28N3O6P3/c1-15(10(13(19)22-25)4-2-3-5-14)6-7-16(8-11(17)20-23)9-12(18)21-24/h10H,2-9,14,23-25H2,1H3. The Morgan fingerprint density at radius 2 is 1.52 bits per heavy atom. The number of rotatable bonds is 13. The van der Waals surface area contributed by atoms with Gasteiger partial charge in [0.15, 0.2) is 0 Å². The highest BCUT2D eigenvalue weighted by atomic mass is 31.0. The van der Waals surface area contributed by atoms with Crippen molar-refractivity contribution in [2.75, 3.05) is 39.8 Å². The Morgan fingerprint density at radius 1 is 0.960 bits per heavy atom. The molecule has 9 nitrogen and oxygen atoms in total. The molecule has 0 aromatic carbocycles. The summed E-state index contributed by atoms with van der Waals surface area (Å²) in [4.78, 5) is 38.3. The quantitative estimate of drug-likeness (QED) is 0.321. The van der Waals surface area contributed by atoms with E-state index in [1.807, 2.05) is 33.3 Å². The number of unbranched alkanes of at least 4 members (excludes halogenated alkanes) is 1. The molecule has 0 fully saturated rings. The number of likely N-dealkylation sites (N-methyl/N-ethyl adjacent to an activating group) is 1. The first-order valence-electron chi connectivity index (χ1n) is 7.71. The van der Waals surface area contributed by atoms with E-state index >= 15 is 0 Å². The van der Waals surface area contributed by atoms with E-state index in [0.717, 1.165) is 12.8 Å². The van der Waals surface area contributed by atoms with Crippen LogP contribution < -0.4 is 5.73 Å². The van der Waals surface area contributed by atoms with Crippen molar-refractivity contribution in [3.63, 3.8) is 0 Å². The normalized spacial score (nSPS) is 12.1. The van der Waals surface area contributed by atoms with Crippen LogP contribution in [0, 0.1) is 0 Å². The summed E-state index contributed by atoms with van der Waals surface area (Å²) in [6.45, 7) is 1.25. The van der Waals surface area contributed by atoms with E-state index in [-0.39, 0.29) is 19.1 Å². The summed E-state index contributed by atoms with van der Waals surface area (Å²) in [6, 6.07) is -0.423. The molecule has 4 unspecified atom stereocenters. The molecule has 25 heavy (non-hydrogen) atoms. The monoisotopic (exact) mass is 415 g/mol. The number of hydrogen-bond acceptors (Lipinski definition) is 9. The van der Waals surface area contributed by atoms with Gasteiger partial charge in [-0.05, 0) is 26.4 Å². The SMILES string of the molecule is CN(CCN(CC(=O)OP)CC(=O)OP)C(CCCCN)C(=O)OP. The number of carbonyl (C=O) groups is 3. The number of nitrogens with zero attached hydrogens (tertiary/aromatic N) is 2. The number of hydrogen-bond donors (Lipinski definition) is 1. The van der Waals surface area contributed by atoms with Crippen molar-refractivity contribution < 1.29 is 28.0 Å². The Kier molecular flexibility index (Phi) is 14.5. The van der Waals surface area contributed by atoms with E-state index in [9.17, 15) is 14.4 Å². The van der Waals surface area contributed by atoms with Crippen molar-refractivity contribution in [2.24, 2.45) is 5.73 Å². The van der Waals surface area contributed by atoms with Crippen LogP contribution >= 0.6 is 28.4 Å². The van der Waals surface area contributed by atoms with E-state index in [1.165, 1.54) is 0 Å². The smallest absolute Gasteiger partial charge is 0.325 e. The van der Waals surface area contributed by atoms with Gasteiger partial charge in [-0.15, -0.1) is 0 Å². The molecule has 0 spiro atoms. The molecule has 2 N–H and O–H groups in total. The molecular weight excluding hydrogens is 387 g/mol. The minimum atomic E-state index is -0.493. The fourth-order valence-electron chi connectivity index (χ4n) is 2.19. The summed E-state index contributed by atoms with van der Waals surface area (Å²) in [5.41, 5.74) is 5.49. The number of carbonyl (C=O) groups excluding carboxylic acids is 3. The third-order valence-electron chi connectivity index (χ3n) is 3.59. The molecule has 0 saturated heterocycles. The van der Waals surface area contributed by atoms with Gasteiger partial charge in [-0.1, -0.05) is 6.42 Å². The van der Waals surface area contributed by atoms with E-state index in [0.29, 0.717) is 26.1 Å². The second kappa shape index (κ2) is 14.7. The van der Waals surface area contributed by atoms with E-state index in [4.69, 9.17) is 10.3 Å². The van der Waals surface area contributed by atoms with Gasteiger partial charge in [0.05, 0.1) is 41.5 Å². The molecule has 0 aliphatic heterocycles. The molecule has 12 heteroatoms. The van der Waals surface area contributed by atoms with Crippen LogP contribution in [0.3, 0.4) is 0 Å². The van der Waals surface area contributed by atoms with Gasteiger partial charge in [-0.25, -0.2) is 0 Å². The van der Waals surface area contributed by atoms with Crippen LogP contribution in [0.2, 0.25) is 0 Å². The molecule has 0 rings (SSSR count). The third kappa shape index (κ3) is 11.0. The van der Waals surface area contributed by atoms with Gasteiger partial charge >= 0.3 is 17.9 Å². The summed E-state index contributed by atoms with van der Waals surface area (Å²) in [6.07, 6.45) is 2.23. The zero-order chi connectivity index (χ0) is 19.2. The molecule has 0 aromatic heterocycles. The lowest BCUT2D eigenvalue weighted by molar-refractivity contribution is -0.141. The van der Waals surface area contributed by atoms with Gasteiger partial charge < -0.3 is 19.3 Å².